The second-order valence-electron chi connectivity index (χ2n) is 2.77. The van der Waals surface area contributed by atoms with Crippen LogP contribution in [0.4, 0.5) is 5.69 Å². The first-order valence-electron chi connectivity index (χ1n) is 4.08. The highest BCUT2D eigenvalue weighted by Crippen LogP contribution is 2.16. The zero-order chi connectivity index (χ0) is 11.3. The summed E-state index contributed by atoms with van der Waals surface area (Å²) < 4.78 is 0.594. The second-order valence-corrected chi connectivity index (χ2v) is 3.53. The van der Waals surface area contributed by atoms with Gasteiger partial charge in [-0.2, -0.15) is 5.26 Å². The van der Waals surface area contributed by atoms with E-state index < -0.39 is 4.92 Å². The molecule has 0 amide bonds. The van der Waals surface area contributed by atoms with Crippen molar-refractivity contribution in [2.75, 3.05) is 4.43 Å². The zero-order valence-corrected chi connectivity index (χ0v) is 9.84. The van der Waals surface area contributed by atoms with Crippen LogP contribution < -0.4 is 0 Å². The van der Waals surface area contributed by atoms with Crippen molar-refractivity contribution >= 4 is 34.4 Å². The van der Waals surface area contributed by atoms with Crippen molar-refractivity contribution < 1.29 is 4.92 Å². The minimum Gasteiger partial charge on any atom is -0.258 e. The number of nitro groups is 1. The molecule has 0 heterocycles. The number of alkyl halides is 1. The summed E-state index contributed by atoms with van der Waals surface area (Å²) in [5.74, 6) is 0. The molecule has 15 heavy (non-hydrogen) atoms. The SMILES string of the molecule is N#C/C(=C\c1cccc([N+](=O)[O-])c1)CI. The van der Waals surface area contributed by atoms with Crippen LogP contribution in [0.25, 0.3) is 6.08 Å². The quantitative estimate of drug-likeness (QED) is 0.283. The van der Waals surface area contributed by atoms with Gasteiger partial charge in [0.1, 0.15) is 0 Å². The van der Waals surface area contributed by atoms with Gasteiger partial charge in [-0.3, -0.25) is 10.1 Å². The average molecular weight is 314 g/mol. The number of rotatable bonds is 3. The van der Waals surface area contributed by atoms with Gasteiger partial charge >= 0.3 is 0 Å². The number of nitro benzene ring substituents is 1. The van der Waals surface area contributed by atoms with Crippen molar-refractivity contribution in [1.82, 2.24) is 0 Å². The fraction of sp³-hybridized carbons (Fsp3) is 0.100. The number of nitrogens with zero attached hydrogens (tertiary/aromatic N) is 2. The summed E-state index contributed by atoms with van der Waals surface area (Å²) in [6.45, 7) is 0. The molecule has 0 aromatic heterocycles. The van der Waals surface area contributed by atoms with Crippen LogP contribution in [0, 0.1) is 21.4 Å². The number of benzene rings is 1. The topological polar surface area (TPSA) is 66.9 Å². The van der Waals surface area contributed by atoms with Crippen molar-refractivity contribution in [2.45, 2.75) is 0 Å². The Morgan fingerprint density at radius 2 is 2.40 bits per heavy atom. The van der Waals surface area contributed by atoms with Gasteiger partial charge in [0, 0.05) is 22.1 Å². The van der Waals surface area contributed by atoms with Gasteiger partial charge in [0.25, 0.3) is 5.69 Å². The van der Waals surface area contributed by atoms with Crippen LogP contribution in [-0.4, -0.2) is 9.35 Å². The summed E-state index contributed by atoms with van der Waals surface area (Å²) in [5, 5.41) is 19.2. The Morgan fingerprint density at radius 1 is 1.67 bits per heavy atom. The predicted molar refractivity (Wildman–Crippen MR) is 65.6 cm³/mol. The van der Waals surface area contributed by atoms with Crippen LogP contribution >= 0.6 is 22.6 Å². The maximum atomic E-state index is 10.5. The molecule has 76 valence electrons. The minimum absolute atomic E-state index is 0.0366. The summed E-state index contributed by atoms with van der Waals surface area (Å²) in [6.07, 6.45) is 1.65. The first kappa shape index (κ1) is 11.7. The lowest BCUT2D eigenvalue weighted by Gasteiger charge is -1.95. The van der Waals surface area contributed by atoms with Gasteiger partial charge in [-0.25, -0.2) is 0 Å². The molecule has 4 nitrogen and oxygen atoms in total. The van der Waals surface area contributed by atoms with E-state index in [-0.39, 0.29) is 5.69 Å². The molecule has 1 aromatic carbocycles. The second kappa shape index (κ2) is 5.46. The molecule has 5 heteroatoms. The van der Waals surface area contributed by atoms with Gasteiger partial charge in [0.05, 0.1) is 11.0 Å². The van der Waals surface area contributed by atoms with Crippen molar-refractivity contribution in [3.05, 3.63) is 45.5 Å². The smallest absolute Gasteiger partial charge is 0.258 e. The lowest BCUT2D eigenvalue weighted by Crippen LogP contribution is -1.88. The van der Waals surface area contributed by atoms with E-state index in [4.69, 9.17) is 5.26 Å². The van der Waals surface area contributed by atoms with E-state index in [0.29, 0.717) is 15.6 Å². The molecule has 0 spiro atoms. The standard InChI is InChI=1S/C10H7IN2O2/c11-6-9(7-12)4-8-2-1-3-10(5-8)13(14)15/h1-5H,6H2/b9-4-. The summed E-state index contributed by atoms with van der Waals surface area (Å²) in [7, 11) is 0. The van der Waals surface area contributed by atoms with Gasteiger partial charge < -0.3 is 0 Å². The summed E-state index contributed by atoms with van der Waals surface area (Å²) in [5.41, 5.74) is 1.31. The zero-order valence-electron chi connectivity index (χ0n) is 7.68. The maximum absolute atomic E-state index is 10.5. The Labute approximate surface area is 101 Å². The van der Waals surface area contributed by atoms with E-state index in [1.165, 1.54) is 12.1 Å². The Hall–Kier alpha value is -1.42. The Balaban J connectivity index is 3.07. The van der Waals surface area contributed by atoms with Crippen molar-refractivity contribution in [2.24, 2.45) is 0 Å². The third-order valence-corrected chi connectivity index (χ3v) is 2.53. The fourth-order valence-corrected chi connectivity index (χ4v) is 1.42. The maximum Gasteiger partial charge on any atom is 0.270 e. The van der Waals surface area contributed by atoms with Crippen LogP contribution in [-0.2, 0) is 0 Å². The van der Waals surface area contributed by atoms with Gasteiger partial charge in [-0.1, -0.05) is 34.7 Å². The molecule has 0 N–H and O–H groups in total. The van der Waals surface area contributed by atoms with Crippen LogP contribution in [0.5, 0.6) is 0 Å². The van der Waals surface area contributed by atoms with Gasteiger partial charge in [0.2, 0.25) is 0 Å². The number of non-ortho nitro benzene ring substituents is 1. The molecule has 1 rings (SSSR count). The molecule has 0 aliphatic rings. The van der Waals surface area contributed by atoms with Crippen LogP contribution in [0.15, 0.2) is 29.8 Å². The predicted octanol–water partition coefficient (Wildman–Crippen LogP) is 2.94. The number of hydrogen-bond acceptors (Lipinski definition) is 3. The van der Waals surface area contributed by atoms with Crippen LogP contribution in [0.3, 0.4) is 0 Å². The molecule has 0 bridgehead atoms. The molecule has 0 saturated carbocycles. The van der Waals surface area contributed by atoms with Crippen molar-refractivity contribution in [1.29, 1.82) is 5.26 Å². The highest BCUT2D eigenvalue weighted by atomic mass is 127. The first-order chi connectivity index (χ1) is 7.17. The molecule has 0 atom stereocenters. The lowest BCUT2D eigenvalue weighted by molar-refractivity contribution is -0.384. The average Bonchev–Trinajstić information content (AvgIpc) is 2.26. The minimum atomic E-state index is -0.451. The third-order valence-electron chi connectivity index (χ3n) is 1.71. The van der Waals surface area contributed by atoms with E-state index >= 15 is 0 Å². The molecule has 0 radical (unpaired) electrons. The number of allylic oxidation sites excluding steroid dienone is 1. The van der Waals surface area contributed by atoms with E-state index in [1.807, 2.05) is 6.07 Å². The lowest BCUT2D eigenvalue weighted by atomic mass is 10.1. The van der Waals surface area contributed by atoms with E-state index in [1.54, 1.807) is 18.2 Å². The molecular formula is C10H7IN2O2. The number of nitriles is 1. The van der Waals surface area contributed by atoms with Crippen molar-refractivity contribution in [3.63, 3.8) is 0 Å². The molecule has 0 aliphatic carbocycles. The highest BCUT2D eigenvalue weighted by molar-refractivity contribution is 14.1. The van der Waals surface area contributed by atoms with Gasteiger partial charge in [-0.05, 0) is 11.6 Å². The fourth-order valence-electron chi connectivity index (χ4n) is 1.03. The van der Waals surface area contributed by atoms with Gasteiger partial charge in [-0.15, -0.1) is 0 Å². The normalized spacial score (nSPS) is 10.8. The van der Waals surface area contributed by atoms with E-state index in [2.05, 4.69) is 22.6 Å². The monoisotopic (exact) mass is 314 g/mol. The first-order valence-corrected chi connectivity index (χ1v) is 5.61. The molecule has 0 saturated heterocycles. The van der Waals surface area contributed by atoms with Crippen LogP contribution in [0.1, 0.15) is 5.56 Å². The van der Waals surface area contributed by atoms with Crippen LogP contribution in [0.2, 0.25) is 0 Å². The van der Waals surface area contributed by atoms with E-state index in [9.17, 15) is 10.1 Å². The third kappa shape index (κ3) is 3.32. The summed E-state index contributed by atoms with van der Waals surface area (Å²) in [4.78, 5) is 10.0. The van der Waals surface area contributed by atoms with Gasteiger partial charge in [0.15, 0.2) is 0 Å². The Morgan fingerprint density at radius 3 is 2.93 bits per heavy atom. The van der Waals surface area contributed by atoms with E-state index in [0.717, 1.165) is 0 Å². The number of hydrogen-bond donors (Lipinski definition) is 0. The molecular weight excluding hydrogens is 307 g/mol. The Bertz CT molecular complexity index is 449. The largest absolute Gasteiger partial charge is 0.270 e. The Kier molecular flexibility index (Phi) is 4.24. The number of halogens is 1. The summed E-state index contributed by atoms with van der Waals surface area (Å²) >= 11 is 2.07. The molecule has 1 aromatic rings. The van der Waals surface area contributed by atoms with Crippen molar-refractivity contribution in [3.8, 4) is 6.07 Å². The molecule has 0 aliphatic heterocycles. The summed E-state index contributed by atoms with van der Waals surface area (Å²) in [6, 6.07) is 8.24. The highest BCUT2D eigenvalue weighted by Gasteiger charge is 2.04. The molecule has 0 fully saturated rings. The molecule has 0 unspecified atom stereocenters.